The molecule has 82 valence electrons. The van der Waals surface area contributed by atoms with Gasteiger partial charge in [-0.1, -0.05) is 25.7 Å². The van der Waals surface area contributed by atoms with Gasteiger partial charge in [0.25, 0.3) is 0 Å². The smallest absolute Gasteiger partial charge is 0.158 e. The van der Waals surface area contributed by atoms with E-state index < -0.39 is 8.07 Å². The zero-order valence-electron chi connectivity index (χ0n) is 10.0. The van der Waals surface area contributed by atoms with Gasteiger partial charge in [0.15, 0.2) is 5.78 Å². The lowest BCUT2D eigenvalue weighted by molar-refractivity contribution is -0.116. The molecule has 0 saturated heterocycles. The summed E-state index contributed by atoms with van der Waals surface area (Å²) in [6.07, 6.45) is 6.65. The molecule has 0 radical (unpaired) electrons. The van der Waals surface area contributed by atoms with Crippen molar-refractivity contribution in [3.63, 3.8) is 0 Å². The molecule has 0 unspecified atom stereocenters. The van der Waals surface area contributed by atoms with Crippen LogP contribution in [0.3, 0.4) is 0 Å². The minimum absolute atomic E-state index is 0.344. The van der Waals surface area contributed by atoms with Gasteiger partial charge in [-0.25, -0.2) is 0 Å². The minimum atomic E-state index is -1.23. The van der Waals surface area contributed by atoms with Gasteiger partial charge in [-0.2, -0.15) is 0 Å². The summed E-state index contributed by atoms with van der Waals surface area (Å²) in [6.45, 7) is 6.72. The van der Waals surface area contributed by atoms with Gasteiger partial charge in [-0.15, -0.1) is 11.5 Å². The fourth-order valence-corrected chi connectivity index (χ4v) is 2.23. The van der Waals surface area contributed by atoms with Gasteiger partial charge in [-0.05, 0) is 24.8 Å². The second-order valence-corrected chi connectivity index (χ2v) is 9.85. The number of rotatable bonds is 2. The standard InChI is InChI=1S/C13H20OSi/c1-15(2,3)11-7-6-9-12-8-4-5-10-13(12)14/h8H,4-6,9-10H2,1-3H3. The summed E-state index contributed by atoms with van der Waals surface area (Å²) < 4.78 is 0. The van der Waals surface area contributed by atoms with Crippen LogP contribution in [-0.4, -0.2) is 13.9 Å². The Bertz CT molecular complexity index is 323. The monoisotopic (exact) mass is 220 g/mol. The third kappa shape index (κ3) is 4.99. The van der Waals surface area contributed by atoms with E-state index in [0.29, 0.717) is 5.78 Å². The molecule has 0 atom stereocenters. The Balaban J connectivity index is 2.40. The first-order valence-electron chi connectivity index (χ1n) is 5.71. The van der Waals surface area contributed by atoms with Crippen molar-refractivity contribution in [1.29, 1.82) is 0 Å². The Morgan fingerprint density at radius 3 is 2.73 bits per heavy atom. The molecule has 0 aromatic heterocycles. The minimum Gasteiger partial charge on any atom is -0.295 e. The molecule has 1 aliphatic carbocycles. The molecule has 0 spiro atoms. The summed E-state index contributed by atoms with van der Waals surface area (Å²) in [4.78, 5) is 11.5. The molecule has 2 heteroatoms. The molecule has 0 saturated carbocycles. The van der Waals surface area contributed by atoms with E-state index in [9.17, 15) is 4.79 Å². The van der Waals surface area contributed by atoms with E-state index in [0.717, 1.165) is 37.7 Å². The number of hydrogen-bond donors (Lipinski definition) is 0. The van der Waals surface area contributed by atoms with Gasteiger partial charge in [-0.3, -0.25) is 4.79 Å². The van der Waals surface area contributed by atoms with E-state index >= 15 is 0 Å². The van der Waals surface area contributed by atoms with E-state index in [2.05, 4.69) is 37.2 Å². The summed E-state index contributed by atoms with van der Waals surface area (Å²) in [7, 11) is -1.23. The lowest BCUT2D eigenvalue weighted by Crippen LogP contribution is -2.16. The molecule has 1 rings (SSSR count). The number of hydrogen-bond acceptors (Lipinski definition) is 1. The van der Waals surface area contributed by atoms with Crippen LogP contribution in [0.15, 0.2) is 11.6 Å². The molecule has 0 aromatic rings. The van der Waals surface area contributed by atoms with Crippen molar-refractivity contribution in [3.8, 4) is 11.5 Å². The highest BCUT2D eigenvalue weighted by atomic mass is 28.3. The van der Waals surface area contributed by atoms with Crippen LogP contribution < -0.4 is 0 Å². The predicted molar refractivity (Wildman–Crippen MR) is 67.3 cm³/mol. The zero-order chi connectivity index (χ0) is 11.3. The highest BCUT2D eigenvalue weighted by molar-refractivity contribution is 6.83. The molecule has 0 aliphatic heterocycles. The summed E-state index contributed by atoms with van der Waals surface area (Å²) in [5.74, 6) is 3.56. The Morgan fingerprint density at radius 1 is 1.40 bits per heavy atom. The van der Waals surface area contributed by atoms with Gasteiger partial charge in [0.2, 0.25) is 0 Å². The van der Waals surface area contributed by atoms with Crippen LogP contribution in [0.5, 0.6) is 0 Å². The molecule has 0 N–H and O–H groups in total. The average molecular weight is 220 g/mol. The van der Waals surface area contributed by atoms with Crippen LogP contribution in [0.1, 0.15) is 32.1 Å². The maximum atomic E-state index is 11.5. The number of carbonyl (C=O) groups is 1. The fourth-order valence-electron chi connectivity index (χ4n) is 1.58. The van der Waals surface area contributed by atoms with E-state index in [1.54, 1.807) is 0 Å². The Hall–Kier alpha value is -0.813. The molecular weight excluding hydrogens is 200 g/mol. The van der Waals surface area contributed by atoms with E-state index in [1.165, 1.54) is 0 Å². The second-order valence-electron chi connectivity index (χ2n) is 5.10. The van der Waals surface area contributed by atoms with Crippen LogP contribution in [0.25, 0.3) is 0 Å². The molecular formula is C13H20OSi. The predicted octanol–water partition coefficient (Wildman–Crippen LogP) is 3.33. The van der Waals surface area contributed by atoms with E-state index in [4.69, 9.17) is 0 Å². The quantitative estimate of drug-likeness (QED) is 0.515. The maximum absolute atomic E-state index is 11.5. The first-order valence-corrected chi connectivity index (χ1v) is 9.21. The van der Waals surface area contributed by atoms with Crippen LogP contribution in [-0.2, 0) is 4.79 Å². The summed E-state index contributed by atoms with van der Waals surface area (Å²) in [6, 6.07) is 0. The van der Waals surface area contributed by atoms with Gasteiger partial charge >= 0.3 is 0 Å². The first kappa shape index (κ1) is 12.3. The summed E-state index contributed by atoms with van der Waals surface area (Å²) in [5, 5.41) is 0. The maximum Gasteiger partial charge on any atom is 0.158 e. The molecule has 0 amide bonds. The van der Waals surface area contributed by atoms with Crippen molar-refractivity contribution in [2.45, 2.75) is 51.7 Å². The average Bonchev–Trinajstić information content (AvgIpc) is 2.13. The Labute approximate surface area is 94.0 Å². The molecule has 15 heavy (non-hydrogen) atoms. The molecule has 0 bridgehead atoms. The van der Waals surface area contributed by atoms with Crippen LogP contribution in [0.4, 0.5) is 0 Å². The van der Waals surface area contributed by atoms with Crippen molar-refractivity contribution in [2.24, 2.45) is 0 Å². The normalized spacial score (nSPS) is 16.7. The Morgan fingerprint density at radius 2 is 2.13 bits per heavy atom. The second kappa shape index (κ2) is 5.32. The number of ketones is 1. The van der Waals surface area contributed by atoms with Crippen molar-refractivity contribution in [2.75, 3.05) is 0 Å². The Kier molecular flexibility index (Phi) is 4.35. The van der Waals surface area contributed by atoms with E-state index in [-0.39, 0.29) is 0 Å². The number of allylic oxidation sites excluding steroid dienone is 2. The topological polar surface area (TPSA) is 17.1 Å². The largest absolute Gasteiger partial charge is 0.295 e. The summed E-state index contributed by atoms with van der Waals surface area (Å²) in [5.41, 5.74) is 4.35. The van der Waals surface area contributed by atoms with Crippen LogP contribution in [0, 0.1) is 11.5 Å². The third-order valence-corrected chi connectivity index (χ3v) is 3.27. The highest BCUT2D eigenvalue weighted by Crippen LogP contribution is 2.17. The first-order chi connectivity index (χ1) is 6.99. The zero-order valence-corrected chi connectivity index (χ0v) is 11.0. The molecule has 1 aliphatic rings. The molecule has 0 fully saturated rings. The molecule has 1 nitrogen and oxygen atoms in total. The van der Waals surface area contributed by atoms with E-state index in [1.807, 2.05) is 0 Å². The number of Topliss-reactive ketones (excluding diaryl/α,β-unsaturated/α-hetero) is 1. The SMILES string of the molecule is C[Si](C)(C)C#CCCC1=CCCCC1=O. The van der Waals surface area contributed by atoms with Crippen molar-refractivity contribution in [3.05, 3.63) is 11.6 Å². The fraction of sp³-hybridized carbons (Fsp3) is 0.615. The molecule has 0 heterocycles. The van der Waals surface area contributed by atoms with Crippen molar-refractivity contribution in [1.82, 2.24) is 0 Å². The lowest BCUT2D eigenvalue weighted by atomic mass is 9.95. The lowest BCUT2D eigenvalue weighted by Gasteiger charge is -2.09. The molecule has 0 aromatic carbocycles. The van der Waals surface area contributed by atoms with Crippen molar-refractivity contribution < 1.29 is 4.79 Å². The van der Waals surface area contributed by atoms with Gasteiger partial charge < -0.3 is 0 Å². The van der Waals surface area contributed by atoms with Crippen molar-refractivity contribution >= 4 is 13.9 Å². The van der Waals surface area contributed by atoms with Gasteiger partial charge in [0.1, 0.15) is 8.07 Å². The van der Waals surface area contributed by atoms with Gasteiger partial charge in [0.05, 0.1) is 0 Å². The van der Waals surface area contributed by atoms with Gasteiger partial charge in [0, 0.05) is 12.8 Å². The number of carbonyl (C=O) groups excluding carboxylic acids is 1. The van der Waals surface area contributed by atoms with Crippen LogP contribution >= 0.6 is 0 Å². The van der Waals surface area contributed by atoms with Crippen LogP contribution in [0.2, 0.25) is 19.6 Å². The third-order valence-electron chi connectivity index (χ3n) is 2.34. The summed E-state index contributed by atoms with van der Waals surface area (Å²) >= 11 is 0. The highest BCUT2D eigenvalue weighted by Gasteiger charge is 2.12.